The van der Waals surface area contributed by atoms with Crippen molar-refractivity contribution in [2.45, 2.75) is 25.2 Å². The molecule has 0 bridgehead atoms. The van der Waals surface area contributed by atoms with E-state index in [1.807, 2.05) is 16.8 Å². The van der Waals surface area contributed by atoms with Gasteiger partial charge in [-0.1, -0.05) is 6.07 Å². The second-order valence-corrected chi connectivity index (χ2v) is 7.43. The van der Waals surface area contributed by atoms with Gasteiger partial charge in [0.2, 0.25) is 0 Å². The lowest BCUT2D eigenvalue weighted by Crippen LogP contribution is -2.38. The number of Topliss-reactive ketones (excluding diaryl/α,β-unsaturated/α-hetero) is 1. The number of hydrogen-bond donors (Lipinski definition) is 1. The zero-order valence-corrected chi connectivity index (χ0v) is 15.6. The lowest BCUT2D eigenvalue weighted by atomic mass is 9.76. The fourth-order valence-electron chi connectivity index (χ4n) is 3.90. The first-order chi connectivity index (χ1) is 13.5. The first kappa shape index (κ1) is 17.9. The Morgan fingerprint density at radius 3 is 2.82 bits per heavy atom. The van der Waals surface area contributed by atoms with E-state index >= 15 is 0 Å². The Kier molecular flexibility index (Phi) is 4.45. The molecule has 1 aromatic carbocycles. The van der Waals surface area contributed by atoms with Crippen LogP contribution in [0.25, 0.3) is 0 Å². The van der Waals surface area contributed by atoms with Gasteiger partial charge in [-0.05, 0) is 41.3 Å². The van der Waals surface area contributed by atoms with Crippen LogP contribution in [-0.2, 0) is 4.79 Å². The molecule has 1 aliphatic heterocycles. The second kappa shape index (κ2) is 6.94. The summed E-state index contributed by atoms with van der Waals surface area (Å²) in [6, 6.07) is 10.2. The van der Waals surface area contributed by atoms with Crippen molar-refractivity contribution in [3.63, 3.8) is 0 Å². The van der Waals surface area contributed by atoms with E-state index in [9.17, 15) is 20.2 Å². The van der Waals surface area contributed by atoms with Crippen molar-refractivity contribution in [1.29, 1.82) is 5.26 Å². The number of nitrogens with zero attached hydrogens (tertiary/aromatic N) is 3. The summed E-state index contributed by atoms with van der Waals surface area (Å²) in [6.45, 7) is 0. The van der Waals surface area contributed by atoms with Crippen molar-refractivity contribution < 1.29 is 9.72 Å². The van der Waals surface area contributed by atoms with Crippen LogP contribution in [0.2, 0.25) is 0 Å². The maximum atomic E-state index is 12.9. The highest BCUT2D eigenvalue weighted by Gasteiger charge is 2.40. The van der Waals surface area contributed by atoms with Crippen molar-refractivity contribution in [2.75, 3.05) is 4.90 Å². The Hall–Kier alpha value is -3.44. The number of ketones is 1. The highest BCUT2D eigenvalue weighted by molar-refractivity contribution is 7.08. The standard InChI is InChI=1S/C20H16N4O3S/c21-10-15-18(12-7-8-28-11-12)19-16(5-2-6-17(19)25)23(20(15)22)13-3-1-4-14(9-13)24(26)27/h1,3-4,7-9,11,18H,2,5-6,22H2. The molecule has 2 aromatic rings. The first-order valence-electron chi connectivity index (χ1n) is 8.75. The number of carbonyl (C=O) groups excluding carboxylic acids is 1. The molecule has 8 heteroatoms. The van der Waals surface area contributed by atoms with Gasteiger partial charge in [0.1, 0.15) is 5.82 Å². The number of nitro benzene ring substituents is 1. The minimum absolute atomic E-state index is 0.00636. The summed E-state index contributed by atoms with van der Waals surface area (Å²) in [5.41, 5.74) is 9.27. The zero-order chi connectivity index (χ0) is 19.8. The number of rotatable bonds is 3. The summed E-state index contributed by atoms with van der Waals surface area (Å²) >= 11 is 1.49. The molecule has 0 amide bonds. The smallest absolute Gasteiger partial charge is 0.271 e. The summed E-state index contributed by atoms with van der Waals surface area (Å²) in [5, 5.41) is 24.9. The molecule has 0 fully saturated rings. The number of allylic oxidation sites excluding steroid dienone is 3. The molecule has 1 aromatic heterocycles. The number of non-ortho nitro benzene ring substituents is 1. The molecule has 2 aliphatic rings. The molecule has 2 heterocycles. The van der Waals surface area contributed by atoms with Gasteiger partial charge in [-0.25, -0.2) is 0 Å². The Morgan fingerprint density at radius 1 is 1.32 bits per heavy atom. The fraction of sp³-hybridized carbons (Fsp3) is 0.200. The Balaban J connectivity index is 1.96. The van der Waals surface area contributed by atoms with Gasteiger partial charge in [0.05, 0.1) is 28.2 Å². The van der Waals surface area contributed by atoms with Crippen LogP contribution in [0.15, 0.2) is 63.8 Å². The van der Waals surface area contributed by atoms with Gasteiger partial charge in [0, 0.05) is 29.8 Å². The Morgan fingerprint density at radius 2 is 2.14 bits per heavy atom. The van der Waals surface area contributed by atoms with Crippen LogP contribution in [0, 0.1) is 21.4 Å². The maximum Gasteiger partial charge on any atom is 0.271 e. The normalized spacial score (nSPS) is 19.5. The van der Waals surface area contributed by atoms with Crippen LogP contribution in [0.5, 0.6) is 0 Å². The summed E-state index contributed by atoms with van der Waals surface area (Å²) in [7, 11) is 0. The van der Waals surface area contributed by atoms with E-state index < -0.39 is 10.8 Å². The Labute approximate surface area is 165 Å². The third-order valence-corrected chi connectivity index (χ3v) is 5.79. The summed E-state index contributed by atoms with van der Waals surface area (Å²) in [4.78, 5) is 25.3. The van der Waals surface area contributed by atoms with Crippen LogP contribution in [0.3, 0.4) is 0 Å². The largest absolute Gasteiger partial charge is 0.384 e. The van der Waals surface area contributed by atoms with Crippen LogP contribution in [0.4, 0.5) is 11.4 Å². The molecule has 7 nitrogen and oxygen atoms in total. The number of carbonyl (C=O) groups is 1. The number of nitrogens with two attached hydrogens (primary N) is 1. The minimum atomic E-state index is -0.492. The quantitative estimate of drug-likeness (QED) is 0.625. The number of benzene rings is 1. The van der Waals surface area contributed by atoms with Crippen LogP contribution in [-0.4, -0.2) is 10.7 Å². The molecular formula is C20H16N4O3S. The molecular weight excluding hydrogens is 376 g/mol. The van der Waals surface area contributed by atoms with Crippen molar-refractivity contribution in [2.24, 2.45) is 5.73 Å². The average molecular weight is 392 g/mol. The lowest BCUT2D eigenvalue weighted by molar-refractivity contribution is -0.384. The molecule has 1 unspecified atom stereocenters. The third-order valence-electron chi connectivity index (χ3n) is 5.09. The third kappa shape index (κ3) is 2.77. The van der Waals surface area contributed by atoms with Crippen molar-refractivity contribution >= 4 is 28.5 Å². The number of thiophene rings is 1. The average Bonchev–Trinajstić information content (AvgIpc) is 3.21. The van der Waals surface area contributed by atoms with Gasteiger partial charge in [-0.2, -0.15) is 16.6 Å². The second-order valence-electron chi connectivity index (χ2n) is 6.65. The predicted octanol–water partition coefficient (Wildman–Crippen LogP) is 3.96. The van der Waals surface area contributed by atoms with Gasteiger partial charge in [0.25, 0.3) is 5.69 Å². The van der Waals surface area contributed by atoms with Crippen molar-refractivity contribution in [3.8, 4) is 6.07 Å². The molecule has 28 heavy (non-hydrogen) atoms. The van der Waals surface area contributed by atoms with Crippen LogP contribution in [0.1, 0.15) is 30.7 Å². The zero-order valence-electron chi connectivity index (χ0n) is 14.8. The number of hydrogen-bond acceptors (Lipinski definition) is 7. The van der Waals surface area contributed by atoms with Crippen molar-refractivity contribution in [1.82, 2.24) is 0 Å². The van der Waals surface area contributed by atoms with E-state index in [-0.39, 0.29) is 17.3 Å². The van der Waals surface area contributed by atoms with E-state index in [2.05, 4.69) is 6.07 Å². The summed E-state index contributed by atoms with van der Waals surface area (Å²) in [6.07, 6.45) is 1.71. The minimum Gasteiger partial charge on any atom is -0.384 e. The number of anilines is 1. The van der Waals surface area contributed by atoms with Gasteiger partial charge < -0.3 is 5.73 Å². The number of nitro groups is 1. The molecule has 1 atom stereocenters. The topological polar surface area (TPSA) is 113 Å². The predicted molar refractivity (Wildman–Crippen MR) is 105 cm³/mol. The van der Waals surface area contributed by atoms with E-state index in [1.54, 1.807) is 17.0 Å². The SMILES string of the molecule is N#CC1=C(N)N(c2cccc([N+](=O)[O-])c2)C2=C(C(=O)CCC2)C1c1ccsc1. The lowest BCUT2D eigenvalue weighted by Gasteiger charge is -2.39. The molecule has 2 N–H and O–H groups in total. The summed E-state index contributed by atoms with van der Waals surface area (Å²) in [5.74, 6) is -0.283. The van der Waals surface area contributed by atoms with E-state index in [1.165, 1.54) is 23.5 Å². The van der Waals surface area contributed by atoms with Gasteiger partial charge in [0.15, 0.2) is 5.78 Å². The number of nitriles is 1. The Bertz CT molecular complexity index is 1080. The fourth-order valence-corrected chi connectivity index (χ4v) is 4.59. The molecule has 0 saturated carbocycles. The van der Waals surface area contributed by atoms with E-state index in [0.717, 1.165) is 11.3 Å². The van der Waals surface area contributed by atoms with E-state index in [0.29, 0.717) is 36.1 Å². The summed E-state index contributed by atoms with van der Waals surface area (Å²) < 4.78 is 0. The molecule has 140 valence electrons. The highest BCUT2D eigenvalue weighted by atomic mass is 32.1. The molecule has 1 aliphatic carbocycles. The highest BCUT2D eigenvalue weighted by Crippen LogP contribution is 2.46. The monoisotopic (exact) mass is 392 g/mol. The molecule has 0 saturated heterocycles. The van der Waals surface area contributed by atoms with Crippen molar-refractivity contribution in [3.05, 3.63) is 79.4 Å². The van der Waals surface area contributed by atoms with Gasteiger partial charge >= 0.3 is 0 Å². The molecule has 0 spiro atoms. The van der Waals surface area contributed by atoms with Gasteiger partial charge in [-0.15, -0.1) is 0 Å². The maximum absolute atomic E-state index is 12.9. The van der Waals surface area contributed by atoms with Crippen LogP contribution < -0.4 is 10.6 Å². The first-order valence-corrected chi connectivity index (χ1v) is 9.70. The van der Waals surface area contributed by atoms with Crippen LogP contribution >= 0.6 is 11.3 Å². The van der Waals surface area contributed by atoms with Gasteiger partial charge in [-0.3, -0.25) is 19.8 Å². The van der Waals surface area contributed by atoms with E-state index in [4.69, 9.17) is 5.73 Å². The molecule has 0 radical (unpaired) electrons. The molecule has 4 rings (SSSR count).